The van der Waals surface area contributed by atoms with Crippen LogP contribution in [0.4, 0.5) is 0 Å². The molecule has 1 aliphatic rings. The van der Waals surface area contributed by atoms with Crippen LogP contribution in [0, 0.1) is 0 Å². The first-order chi connectivity index (χ1) is 14.7. The predicted octanol–water partition coefficient (Wildman–Crippen LogP) is 2.52. The highest BCUT2D eigenvalue weighted by Gasteiger charge is 2.46. The van der Waals surface area contributed by atoms with E-state index in [4.69, 9.17) is 24.5 Å². The van der Waals surface area contributed by atoms with Crippen molar-refractivity contribution < 1.29 is 29.2 Å². The van der Waals surface area contributed by atoms with Crippen LogP contribution >= 0.6 is 0 Å². The molecule has 9 nitrogen and oxygen atoms in total. The van der Waals surface area contributed by atoms with Gasteiger partial charge in [-0.3, -0.25) is 0 Å². The van der Waals surface area contributed by atoms with Gasteiger partial charge in [0.2, 0.25) is 0 Å². The summed E-state index contributed by atoms with van der Waals surface area (Å²) < 4.78 is 22.7. The Balaban J connectivity index is 1.61. The second-order valence-corrected chi connectivity index (χ2v) is 6.81. The zero-order valence-corrected chi connectivity index (χ0v) is 16.4. The average molecular weight is 415 g/mol. The van der Waals surface area contributed by atoms with Crippen LogP contribution in [0.15, 0.2) is 65.8 Å². The fourth-order valence-electron chi connectivity index (χ4n) is 3.12. The summed E-state index contributed by atoms with van der Waals surface area (Å²) in [6.07, 6.45) is -5.36. The van der Waals surface area contributed by atoms with Gasteiger partial charge in [0.1, 0.15) is 31.1 Å². The minimum absolute atomic E-state index is 0.0416. The van der Waals surface area contributed by atoms with Gasteiger partial charge in [0.05, 0.1) is 19.8 Å². The van der Waals surface area contributed by atoms with E-state index >= 15 is 0 Å². The van der Waals surface area contributed by atoms with Crippen molar-refractivity contribution >= 4 is 0 Å². The van der Waals surface area contributed by atoms with Crippen LogP contribution in [0.25, 0.3) is 10.4 Å². The minimum atomic E-state index is -1.27. The van der Waals surface area contributed by atoms with Gasteiger partial charge in [-0.25, -0.2) is 0 Å². The molecule has 30 heavy (non-hydrogen) atoms. The number of azide groups is 1. The van der Waals surface area contributed by atoms with E-state index in [0.29, 0.717) is 6.61 Å². The molecular weight excluding hydrogens is 390 g/mol. The molecule has 0 spiro atoms. The molecule has 0 radical (unpaired) electrons. The van der Waals surface area contributed by atoms with Crippen LogP contribution < -0.4 is 0 Å². The second-order valence-electron chi connectivity index (χ2n) is 6.81. The van der Waals surface area contributed by atoms with Crippen molar-refractivity contribution in [3.05, 3.63) is 82.2 Å². The smallest absolute Gasteiger partial charge is 0.187 e. The van der Waals surface area contributed by atoms with Gasteiger partial charge in [-0.1, -0.05) is 65.8 Å². The monoisotopic (exact) mass is 415 g/mol. The standard InChI is InChI=1S/C21H25N3O6/c22-24-23-14-29-21-20(28-12-16-9-5-2-6-10-16)19(26)18(25)17(30-21)13-27-11-15-7-3-1-4-8-15/h1-10,17-21,25-26H,11-14H2/t17?,18-,19-,20?,21+/m0/s1. The van der Waals surface area contributed by atoms with E-state index in [1.54, 1.807) is 0 Å². The number of aliphatic hydroxyl groups excluding tert-OH is 2. The van der Waals surface area contributed by atoms with Crippen LogP contribution in [-0.4, -0.2) is 54.3 Å². The molecule has 1 heterocycles. The van der Waals surface area contributed by atoms with Crippen molar-refractivity contribution in [2.24, 2.45) is 5.11 Å². The lowest BCUT2D eigenvalue weighted by Crippen LogP contribution is -2.60. The molecule has 3 rings (SSSR count). The summed E-state index contributed by atoms with van der Waals surface area (Å²) in [6, 6.07) is 19.0. The number of rotatable bonds is 10. The van der Waals surface area contributed by atoms with E-state index in [0.717, 1.165) is 11.1 Å². The van der Waals surface area contributed by atoms with Crippen LogP contribution in [0.5, 0.6) is 0 Å². The summed E-state index contributed by atoms with van der Waals surface area (Å²) in [5, 5.41) is 24.5. The molecule has 2 aromatic carbocycles. The molecule has 9 heteroatoms. The lowest BCUT2D eigenvalue weighted by Gasteiger charge is -2.42. The van der Waals surface area contributed by atoms with Crippen molar-refractivity contribution in [2.75, 3.05) is 13.3 Å². The number of hydrogen-bond acceptors (Lipinski definition) is 7. The lowest BCUT2D eigenvalue weighted by molar-refractivity contribution is -0.313. The topological polar surface area (TPSA) is 126 Å². The fourth-order valence-corrected chi connectivity index (χ4v) is 3.12. The SMILES string of the molecule is [N-]=[N+]=NCO[C@@H]1OC(COCc2ccccc2)[C@H](O)[C@H](O)C1OCc1ccccc1. The number of hydrogen-bond donors (Lipinski definition) is 2. The van der Waals surface area contributed by atoms with Crippen molar-refractivity contribution in [2.45, 2.75) is 43.9 Å². The van der Waals surface area contributed by atoms with E-state index in [2.05, 4.69) is 10.0 Å². The van der Waals surface area contributed by atoms with Crippen LogP contribution in [-0.2, 0) is 32.2 Å². The van der Waals surface area contributed by atoms with Crippen molar-refractivity contribution in [1.82, 2.24) is 0 Å². The molecular formula is C21H25N3O6. The highest BCUT2D eigenvalue weighted by molar-refractivity contribution is 5.14. The molecule has 0 amide bonds. The Bertz CT molecular complexity index is 801. The molecule has 1 fully saturated rings. The molecule has 0 aliphatic carbocycles. The van der Waals surface area contributed by atoms with Crippen LogP contribution in [0.3, 0.4) is 0 Å². The van der Waals surface area contributed by atoms with E-state index in [1.165, 1.54) is 0 Å². The first-order valence-corrected chi connectivity index (χ1v) is 9.60. The quantitative estimate of drug-likeness (QED) is 0.349. The van der Waals surface area contributed by atoms with Crippen LogP contribution in [0.1, 0.15) is 11.1 Å². The highest BCUT2D eigenvalue weighted by Crippen LogP contribution is 2.26. The zero-order chi connectivity index (χ0) is 21.2. The molecule has 2 unspecified atom stereocenters. The Morgan fingerprint density at radius 3 is 2.17 bits per heavy atom. The predicted molar refractivity (Wildman–Crippen MR) is 107 cm³/mol. The number of aliphatic hydroxyl groups is 2. The van der Waals surface area contributed by atoms with Gasteiger partial charge in [-0.2, -0.15) is 0 Å². The molecule has 0 bridgehead atoms. The second kappa shape index (κ2) is 11.6. The average Bonchev–Trinajstić information content (AvgIpc) is 2.78. The maximum atomic E-state index is 10.6. The van der Waals surface area contributed by atoms with Gasteiger partial charge < -0.3 is 29.2 Å². The third kappa shape index (κ3) is 6.25. The number of ether oxygens (including phenoxy) is 4. The largest absolute Gasteiger partial charge is 0.387 e. The van der Waals surface area contributed by atoms with Crippen LogP contribution in [0.2, 0.25) is 0 Å². The summed E-state index contributed by atoms with van der Waals surface area (Å²) in [6.45, 7) is 0.267. The first-order valence-electron chi connectivity index (χ1n) is 9.60. The third-order valence-corrected chi connectivity index (χ3v) is 4.68. The summed E-state index contributed by atoms with van der Waals surface area (Å²) in [7, 11) is 0. The van der Waals surface area contributed by atoms with E-state index in [1.807, 2.05) is 60.7 Å². The Labute approximate surface area is 174 Å². The minimum Gasteiger partial charge on any atom is -0.387 e. The Kier molecular flexibility index (Phi) is 8.61. The van der Waals surface area contributed by atoms with Gasteiger partial charge >= 0.3 is 0 Å². The van der Waals surface area contributed by atoms with Gasteiger partial charge in [-0.15, -0.1) is 0 Å². The van der Waals surface area contributed by atoms with Crippen molar-refractivity contribution in [3.8, 4) is 0 Å². The zero-order valence-electron chi connectivity index (χ0n) is 16.4. The number of nitrogens with zero attached hydrogens (tertiary/aromatic N) is 3. The Hall–Kier alpha value is -2.49. The van der Waals surface area contributed by atoms with Gasteiger partial charge in [0, 0.05) is 4.91 Å². The fraction of sp³-hybridized carbons (Fsp3) is 0.429. The molecule has 0 aromatic heterocycles. The maximum absolute atomic E-state index is 10.6. The summed E-state index contributed by atoms with van der Waals surface area (Å²) in [5.41, 5.74) is 10.3. The number of benzene rings is 2. The summed E-state index contributed by atoms with van der Waals surface area (Å²) in [5.74, 6) is 0. The summed E-state index contributed by atoms with van der Waals surface area (Å²) >= 11 is 0. The van der Waals surface area contributed by atoms with E-state index < -0.39 is 30.7 Å². The molecule has 160 valence electrons. The lowest BCUT2D eigenvalue weighted by atomic mass is 9.99. The van der Waals surface area contributed by atoms with E-state index in [-0.39, 0.29) is 19.9 Å². The summed E-state index contributed by atoms with van der Waals surface area (Å²) in [4.78, 5) is 2.64. The molecule has 1 saturated heterocycles. The van der Waals surface area contributed by atoms with Gasteiger partial charge in [0.15, 0.2) is 6.29 Å². The Morgan fingerprint density at radius 1 is 0.900 bits per heavy atom. The van der Waals surface area contributed by atoms with Crippen molar-refractivity contribution in [1.29, 1.82) is 0 Å². The molecule has 2 N–H and O–H groups in total. The Morgan fingerprint density at radius 2 is 1.53 bits per heavy atom. The molecule has 0 saturated carbocycles. The highest BCUT2D eigenvalue weighted by atomic mass is 16.7. The maximum Gasteiger partial charge on any atom is 0.187 e. The molecule has 5 atom stereocenters. The van der Waals surface area contributed by atoms with Crippen molar-refractivity contribution in [3.63, 3.8) is 0 Å². The van der Waals surface area contributed by atoms with Gasteiger partial charge in [-0.05, 0) is 16.7 Å². The molecule has 2 aromatic rings. The molecule has 1 aliphatic heterocycles. The first kappa shape index (κ1) is 22.2. The van der Waals surface area contributed by atoms with Gasteiger partial charge in [0.25, 0.3) is 0 Å². The normalized spacial score (nSPS) is 26.1. The third-order valence-electron chi connectivity index (χ3n) is 4.68. The van der Waals surface area contributed by atoms with E-state index in [9.17, 15) is 10.2 Å².